The summed E-state index contributed by atoms with van der Waals surface area (Å²) < 4.78 is 28.3. The number of benzene rings is 3. The third kappa shape index (κ3) is 7.04. The summed E-state index contributed by atoms with van der Waals surface area (Å²) >= 11 is 19.8. The van der Waals surface area contributed by atoms with E-state index in [0.29, 0.717) is 33.8 Å². The molecule has 33 heavy (non-hydrogen) atoms. The van der Waals surface area contributed by atoms with Crippen LogP contribution in [-0.4, -0.2) is 26.6 Å². The van der Waals surface area contributed by atoms with Gasteiger partial charge in [-0.2, -0.15) is 11.8 Å². The molecular formula is C23H21Cl3N2O3S2. The summed E-state index contributed by atoms with van der Waals surface area (Å²) in [6.45, 7) is 2.20. The fourth-order valence-electron chi connectivity index (χ4n) is 2.90. The Morgan fingerprint density at radius 3 is 2.45 bits per heavy atom. The van der Waals surface area contributed by atoms with Gasteiger partial charge in [-0.1, -0.05) is 59.1 Å². The van der Waals surface area contributed by atoms with Gasteiger partial charge < -0.3 is 5.32 Å². The number of hydrogen-bond donors (Lipinski definition) is 2. The average molecular weight is 544 g/mol. The van der Waals surface area contributed by atoms with Crippen LogP contribution in [0.15, 0.2) is 65.6 Å². The number of halogens is 3. The lowest BCUT2D eigenvalue weighted by Gasteiger charge is -2.13. The van der Waals surface area contributed by atoms with E-state index in [1.807, 2.05) is 12.1 Å². The van der Waals surface area contributed by atoms with Crippen LogP contribution < -0.4 is 10.0 Å². The summed E-state index contributed by atoms with van der Waals surface area (Å²) in [5, 5.41) is 4.01. The molecule has 0 aliphatic carbocycles. The zero-order valence-electron chi connectivity index (χ0n) is 17.6. The molecule has 5 nitrogen and oxygen atoms in total. The second-order valence-corrected chi connectivity index (χ2v) is 11.1. The first-order valence-corrected chi connectivity index (χ1v) is 13.6. The van der Waals surface area contributed by atoms with Crippen molar-refractivity contribution in [2.75, 3.05) is 17.0 Å². The molecule has 0 atom stereocenters. The molecule has 0 aliphatic heterocycles. The van der Waals surface area contributed by atoms with Crippen LogP contribution in [0.5, 0.6) is 0 Å². The summed E-state index contributed by atoms with van der Waals surface area (Å²) in [7, 11) is -3.98. The lowest BCUT2D eigenvalue weighted by Crippen LogP contribution is -2.26. The molecule has 3 rings (SSSR count). The van der Waals surface area contributed by atoms with Gasteiger partial charge in [-0.05, 0) is 54.4 Å². The van der Waals surface area contributed by atoms with Gasteiger partial charge in [0.05, 0.1) is 10.7 Å². The zero-order chi connectivity index (χ0) is 24.0. The predicted octanol–water partition coefficient (Wildman–Crippen LogP) is 6.42. The highest BCUT2D eigenvalue weighted by atomic mass is 35.5. The standard InChI is InChI=1S/C23H21Cl3N2O3S2/c1-15-4-2-3-5-21(15)28-33(30,31)22-12-16(7-9-19(22)25)23(29)27-10-11-32-14-17-6-8-18(24)13-20(17)26/h2-9,12-13,28H,10-11,14H2,1H3,(H,27,29). The number of para-hydroxylation sites is 1. The second-order valence-electron chi connectivity index (χ2n) is 7.11. The topological polar surface area (TPSA) is 75.3 Å². The fourth-order valence-corrected chi connectivity index (χ4v) is 5.97. The maximum Gasteiger partial charge on any atom is 0.263 e. The van der Waals surface area contributed by atoms with Gasteiger partial charge >= 0.3 is 0 Å². The Hall–Kier alpha value is -1.90. The Morgan fingerprint density at radius 2 is 1.73 bits per heavy atom. The number of carbonyl (C=O) groups excluding carboxylic acids is 1. The van der Waals surface area contributed by atoms with Gasteiger partial charge in [0.2, 0.25) is 0 Å². The number of amides is 1. The van der Waals surface area contributed by atoms with Gasteiger partial charge in [0.1, 0.15) is 4.90 Å². The van der Waals surface area contributed by atoms with Crippen LogP contribution in [0.1, 0.15) is 21.5 Å². The summed E-state index contributed by atoms with van der Waals surface area (Å²) in [6, 6.07) is 16.5. The molecule has 0 heterocycles. The van der Waals surface area contributed by atoms with Crippen molar-refractivity contribution in [3.63, 3.8) is 0 Å². The Labute approximate surface area is 212 Å². The van der Waals surface area contributed by atoms with Crippen molar-refractivity contribution in [1.29, 1.82) is 0 Å². The highest BCUT2D eigenvalue weighted by Crippen LogP contribution is 2.27. The zero-order valence-corrected chi connectivity index (χ0v) is 21.5. The molecule has 2 N–H and O–H groups in total. The van der Waals surface area contributed by atoms with Gasteiger partial charge in [0.15, 0.2) is 0 Å². The predicted molar refractivity (Wildman–Crippen MR) is 138 cm³/mol. The third-order valence-corrected chi connectivity index (χ3v) is 8.12. The van der Waals surface area contributed by atoms with Crippen molar-refractivity contribution in [2.24, 2.45) is 0 Å². The smallest absolute Gasteiger partial charge is 0.263 e. The normalized spacial score (nSPS) is 11.3. The van der Waals surface area contributed by atoms with E-state index in [4.69, 9.17) is 34.8 Å². The van der Waals surface area contributed by atoms with Crippen LogP contribution in [-0.2, 0) is 15.8 Å². The molecule has 0 aliphatic rings. The maximum atomic E-state index is 12.9. The van der Waals surface area contributed by atoms with Crippen LogP contribution in [0.25, 0.3) is 0 Å². The molecule has 0 aromatic heterocycles. The lowest BCUT2D eigenvalue weighted by molar-refractivity contribution is 0.0956. The van der Waals surface area contributed by atoms with Crippen molar-refractivity contribution >= 4 is 68.2 Å². The Bertz CT molecular complexity index is 1270. The van der Waals surface area contributed by atoms with Crippen LogP contribution >= 0.6 is 46.6 Å². The molecule has 0 saturated carbocycles. The molecule has 174 valence electrons. The molecular weight excluding hydrogens is 523 g/mol. The molecule has 0 unspecified atom stereocenters. The minimum Gasteiger partial charge on any atom is -0.351 e. The van der Waals surface area contributed by atoms with E-state index < -0.39 is 10.0 Å². The quantitative estimate of drug-likeness (QED) is 0.305. The number of hydrogen-bond acceptors (Lipinski definition) is 4. The second kappa shape index (κ2) is 11.5. The van der Waals surface area contributed by atoms with Gasteiger partial charge in [0, 0.05) is 33.7 Å². The number of carbonyl (C=O) groups is 1. The van der Waals surface area contributed by atoms with E-state index in [2.05, 4.69) is 10.0 Å². The number of nitrogens with one attached hydrogen (secondary N) is 2. The van der Waals surface area contributed by atoms with Crippen LogP contribution in [0.3, 0.4) is 0 Å². The van der Waals surface area contributed by atoms with Crippen molar-refractivity contribution in [3.8, 4) is 0 Å². The van der Waals surface area contributed by atoms with Gasteiger partial charge in [0.25, 0.3) is 15.9 Å². The molecule has 3 aromatic rings. The van der Waals surface area contributed by atoms with Crippen molar-refractivity contribution < 1.29 is 13.2 Å². The van der Waals surface area contributed by atoms with Gasteiger partial charge in [-0.25, -0.2) is 8.42 Å². The SMILES string of the molecule is Cc1ccccc1NS(=O)(=O)c1cc(C(=O)NCCSCc2ccc(Cl)cc2Cl)ccc1Cl. The molecule has 0 radical (unpaired) electrons. The first-order valence-electron chi connectivity index (χ1n) is 9.85. The van der Waals surface area contributed by atoms with E-state index >= 15 is 0 Å². The lowest BCUT2D eigenvalue weighted by atomic mass is 10.2. The summed E-state index contributed by atoms with van der Waals surface area (Å²) in [4.78, 5) is 12.4. The largest absolute Gasteiger partial charge is 0.351 e. The van der Waals surface area contributed by atoms with Crippen molar-refractivity contribution in [1.82, 2.24) is 5.32 Å². The summed E-state index contributed by atoms with van der Waals surface area (Å²) in [6.07, 6.45) is 0. The Balaban J connectivity index is 1.60. The molecule has 3 aromatic carbocycles. The third-order valence-electron chi connectivity index (χ3n) is 4.68. The van der Waals surface area contributed by atoms with Gasteiger partial charge in [-0.15, -0.1) is 0 Å². The van der Waals surface area contributed by atoms with Crippen LogP contribution in [0, 0.1) is 6.92 Å². The van der Waals surface area contributed by atoms with E-state index in [1.54, 1.807) is 49.0 Å². The van der Waals surface area contributed by atoms with E-state index in [9.17, 15) is 13.2 Å². The number of rotatable bonds is 9. The molecule has 0 spiro atoms. The molecule has 10 heteroatoms. The van der Waals surface area contributed by atoms with E-state index in [0.717, 1.165) is 11.1 Å². The van der Waals surface area contributed by atoms with Crippen LogP contribution in [0.4, 0.5) is 5.69 Å². The number of thioether (sulfide) groups is 1. The van der Waals surface area contributed by atoms with E-state index in [1.165, 1.54) is 18.2 Å². The monoisotopic (exact) mass is 542 g/mol. The highest BCUT2D eigenvalue weighted by Gasteiger charge is 2.21. The first-order chi connectivity index (χ1) is 15.7. The molecule has 0 saturated heterocycles. The number of anilines is 1. The highest BCUT2D eigenvalue weighted by molar-refractivity contribution is 7.98. The Morgan fingerprint density at radius 1 is 0.970 bits per heavy atom. The van der Waals surface area contributed by atoms with Crippen molar-refractivity contribution in [2.45, 2.75) is 17.6 Å². The molecule has 1 amide bonds. The minimum absolute atomic E-state index is 0.0306. The molecule has 0 bridgehead atoms. The van der Waals surface area contributed by atoms with Crippen molar-refractivity contribution in [3.05, 3.63) is 92.4 Å². The minimum atomic E-state index is -3.98. The maximum absolute atomic E-state index is 12.9. The van der Waals surface area contributed by atoms with E-state index in [-0.39, 0.29) is 21.4 Å². The average Bonchev–Trinajstić information content (AvgIpc) is 2.76. The summed E-state index contributed by atoms with van der Waals surface area (Å²) in [5.74, 6) is 0.946. The first kappa shape index (κ1) is 25.7. The molecule has 0 fully saturated rings. The number of sulfonamides is 1. The fraction of sp³-hybridized carbons (Fsp3) is 0.174. The summed E-state index contributed by atoms with van der Waals surface area (Å²) in [5.41, 5.74) is 2.38. The van der Waals surface area contributed by atoms with Crippen LogP contribution in [0.2, 0.25) is 15.1 Å². The Kier molecular flexibility index (Phi) is 8.95. The van der Waals surface area contributed by atoms with Gasteiger partial charge in [-0.3, -0.25) is 9.52 Å². The number of aryl methyl sites for hydroxylation is 1.